The zero-order chi connectivity index (χ0) is 43.7. The molecular formula is C46H68N2O12. The van der Waals surface area contributed by atoms with Crippen molar-refractivity contribution in [3.05, 3.63) is 35.9 Å². The number of hydrogen-bond donors (Lipinski definition) is 1. The third kappa shape index (κ3) is 11.3. The number of rotatable bonds is 20. The number of aldehydes is 1. The maximum Gasteiger partial charge on any atom is 0.407 e. The number of fused-ring (bicyclic) bond motifs is 5. The molecule has 0 heterocycles. The van der Waals surface area contributed by atoms with Gasteiger partial charge in [0.15, 0.2) is 12.2 Å². The van der Waals surface area contributed by atoms with Crippen molar-refractivity contribution in [3.8, 4) is 0 Å². The number of hydrogen-bond acceptors (Lipinski definition) is 13. The van der Waals surface area contributed by atoms with E-state index >= 15 is 0 Å². The van der Waals surface area contributed by atoms with Crippen molar-refractivity contribution < 1.29 is 57.2 Å². The normalized spacial score (nSPS) is 30.2. The number of ether oxygens (including phenoxy) is 6. The van der Waals surface area contributed by atoms with E-state index in [1.54, 1.807) is 11.8 Å². The van der Waals surface area contributed by atoms with Gasteiger partial charge in [-0.25, -0.2) is 14.4 Å². The van der Waals surface area contributed by atoms with E-state index in [0.29, 0.717) is 42.3 Å². The monoisotopic (exact) mass is 840 g/mol. The van der Waals surface area contributed by atoms with Gasteiger partial charge in [-0.05, 0) is 126 Å². The number of carbonyl (C=O) groups excluding carboxylic acids is 6. The molecule has 14 heteroatoms. The number of amides is 1. The van der Waals surface area contributed by atoms with E-state index in [1.165, 1.54) is 21.0 Å². The average Bonchev–Trinajstić information content (AvgIpc) is 3.58. The van der Waals surface area contributed by atoms with E-state index in [9.17, 15) is 28.8 Å². The van der Waals surface area contributed by atoms with Crippen LogP contribution < -0.4 is 5.32 Å². The van der Waals surface area contributed by atoms with Gasteiger partial charge < -0.3 is 38.5 Å². The molecule has 0 radical (unpaired) electrons. The molecule has 4 aliphatic carbocycles. The molecule has 0 aromatic heterocycles. The molecule has 1 aromatic carbocycles. The third-order valence-corrected chi connectivity index (χ3v) is 14.7. The van der Waals surface area contributed by atoms with Crippen molar-refractivity contribution in [1.82, 2.24) is 10.2 Å². The second-order valence-electron chi connectivity index (χ2n) is 18.8. The summed E-state index contributed by atoms with van der Waals surface area (Å²) in [6.07, 6.45) is 9.06. The van der Waals surface area contributed by atoms with Crippen LogP contribution in [0.15, 0.2) is 30.3 Å². The molecule has 1 unspecified atom stereocenters. The van der Waals surface area contributed by atoms with Crippen LogP contribution in [0.5, 0.6) is 0 Å². The number of methoxy groups -OCH3 is 1. The first-order valence-electron chi connectivity index (χ1n) is 21.8. The highest BCUT2D eigenvalue weighted by Gasteiger charge is 2.62. The Hall–Kier alpha value is -3.88. The van der Waals surface area contributed by atoms with Crippen LogP contribution in [0.3, 0.4) is 0 Å². The Morgan fingerprint density at radius 1 is 0.867 bits per heavy atom. The molecule has 0 saturated heterocycles. The van der Waals surface area contributed by atoms with Gasteiger partial charge >= 0.3 is 24.0 Å². The highest BCUT2D eigenvalue weighted by molar-refractivity contribution is 5.82. The van der Waals surface area contributed by atoms with Gasteiger partial charge in [-0.3, -0.25) is 14.5 Å². The lowest BCUT2D eigenvalue weighted by Crippen LogP contribution is -2.56. The van der Waals surface area contributed by atoms with Gasteiger partial charge in [0.1, 0.15) is 37.4 Å². The smallest absolute Gasteiger partial charge is 0.407 e. The number of benzene rings is 1. The minimum Gasteiger partial charge on any atom is -0.463 e. The summed E-state index contributed by atoms with van der Waals surface area (Å²) < 4.78 is 32.9. The Bertz CT molecular complexity index is 1670. The fourth-order valence-electron chi connectivity index (χ4n) is 11.3. The summed E-state index contributed by atoms with van der Waals surface area (Å²) in [4.78, 5) is 77.1. The summed E-state index contributed by atoms with van der Waals surface area (Å²) in [6.45, 7) is 11.1. The second-order valence-corrected chi connectivity index (χ2v) is 18.8. The van der Waals surface area contributed by atoms with Crippen molar-refractivity contribution in [2.45, 2.75) is 123 Å². The van der Waals surface area contributed by atoms with Crippen LogP contribution in [0.1, 0.15) is 105 Å². The molecule has 5 rings (SSSR count). The Morgan fingerprint density at radius 3 is 2.28 bits per heavy atom. The summed E-state index contributed by atoms with van der Waals surface area (Å²) >= 11 is 0. The quantitative estimate of drug-likeness (QED) is 0.0941. The van der Waals surface area contributed by atoms with Gasteiger partial charge in [0.2, 0.25) is 0 Å². The zero-order valence-electron chi connectivity index (χ0n) is 36.8. The van der Waals surface area contributed by atoms with Crippen molar-refractivity contribution in [3.63, 3.8) is 0 Å². The molecular weight excluding hydrogens is 773 g/mol. The van der Waals surface area contributed by atoms with Crippen molar-refractivity contribution >= 4 is 36.1 Å². The predicted molar refractivity (Wildman–Crippen MR) is 220 cm³/mol. The molecule has 1 amide bonds. The Balaban J connectivity index is 1.04. The fraction of sp³-hybridized carbons (Fsp3) is 0.739. The molecule has 4 saturated carbocycles. The van der Waals surface area contributed by atoms with Crippen LogP contribution in [0.4, 0.5) is 4.79 Å². The second kappa shape index (κ2) is 20.3. The SMILES string of the molecule is COCCN(CCOC(=O)CNC(=O)OCc1ccccc1)C(C=O)COC(C)(C)C(=O)OCC(=O)O[C@]1(C)CC[C@@]2(C)[C@@H](CC[C@@H]3[C@@H]2CC[C@]2(C)[C@@H](C(C)=O)CC[C@@H]32)C1. The summed E-state index contributed by atoms with van der Waals surface area (Å²) in [5.41, 5.74) is -1.08. The lowest BCUT2D eigenvalue weighted by atomic mass is 9.44. The molecule has 60 heavy (non-hydrogen) atoms. The maximum atomic E-state index is 13.2. The number of nitrogens with one attached hydrogen (secondary N) is 1. The summed E-state index contributed by atoms with van der Waals surface area (Å²) in [7, 11) is 1.51. The first kappa shape index (κ1) is 47.2. The average molecular weight is 841 g/mol. The van der Waals surface area contributed by atoms with Gasteiger partial charge in [0.25, 0.3) is 0 Å². The number of ketones is 1. The highest BCUT2D eigenvalue weighted by Crippen LogP contribution is 2.68. The summed E-state index contributed by atoms with van der Waals surface area (Å²) in [5, 5.41) is 2.35. The molecule has 0 bridgehead atoms. The van der Waals surface area contributed by atoms with Crippen LogP contribution in [-0.2, 0) is 59.0 Å². The van der Waals surface area contributed by atoms with E-state index < -0.39 is 54.4 Å². The van der Waals surface area contributed by atoms with E-state index in [2.05, 4.69) is 19.2 Å². The maximum absolute atomic E-state index is 13.2. The van der Waals surface area contributed by atoms with E-state index in [-0.39, 0.29) is 49.7 Å². The molecule has 0 aliphatic heterocycles. The standard InChI is InChI=1S/C46H68N2O12/c1-31(50)36-15-16-37-35-14-13-33-25-44(4,19-20-45(33,5)38(35)17-18-46(36,37)6)60-40(52)30-57-41(53)43(2,3)59-29-34(27-49)48(21-23-55-7)22-24-56-39(51)26-47-42(54)58-28-32-11-9-8-10-12-32/h8-12,27,33-38H,13-26,28-30H2,1-7H3,(H,47,54)/t33-,34?,35-,36+,37-,38-,44+,45-,46+/m0/s1. The molecule has 9 atom stereocenters. The largest absolute Gasteiger partial charge is 0.463 e. The van der Waals surface area contributed by atoms with Crippen LogP contribution >= 0.6 is 0 Å². The third-order valence-electron chi connectivity index (χ3n) is 14.7. The van der Waals surface area contributed by atoms with Crippen LogP contribution in [0.2, 0.25) is 0 Å². The molecule has 4 fully saturated rings. The number of carbonyl (C=O) groups is 6. The molecule has 334 valence electrons. The Labute approximate surface area is 355 Å². The van der Waals surface area contributed by atoms with Gasteiger partial charge in [-0.1, -0.05) is 44.2 Å². The first-order valence-corrected chi connectivity index (χ1v) is 21.8. The van der Waals surface area contributed by atoms with E-state index in [0.717, 1.165) is 63.4 Å². The topological polar surface area (TPSA) is 173 Å². The van der Waals surface area contributed by atoms with Gasteiger partial charge in [-0.2, -0.15) is 0 Å². The van der Waals surface area contributed by atoms with Crippen LogP contribution in [0, 0.1) is 40.4 Å². The van der Waals surface area contributed by atoms with Crippen molar-refractivity contribution in [1.29, 1.82) is 0 Å². The summed E-state index contributed by atoms with van der Waals surface area (Å²) in [5.74, 6) is 0.749. The molecule has 14 nitrogen and oxygen atoms in total. The number of alkyl carbamates (subject to hydrolysis) is 1. The van der Waals surface area contributed by atoms with E-state index in [4.69, 9.17) is 28.4 Å². The lowest BCUT2D eigenvalue weighted by molar-refractivity contribution is -0.190. The number of esters is 3. The fourth-order valence-corrected chi connectivity index (χ4v) is 11.3. The first-order chi connectivity index (χ1) is 28.4. The minimum absolute atomic E-state index is 0.0552. The Morgan fingerprint density at radius 2 is 1.58 bits per heavy atom. The van der Waals surface area contributed by atoms with E-state index in [1.807, 2.05) is 37.3 Å². The molecule has 0 spiro atoms. The van der Waals surface area contributed by atoms with Crippen LogP contribution in [0.25, 0.3) is 0 Å². The van der Waals surface area contributed by atoms with Gasteiger partial charge in [0.05, 0.1) is 19.3 Å². The van der Waals surface area contributed by atoms with Crippen molar-refractivity contribution in [2.24, 2.45) is 40.4 Å². The lowest BCUT2D eigenvalue weighted by Gasteiger charge is -2.62. The highest BCUT2D eigenvalue weighted by atomic mass is 16.6. The predicted octanol–water partition coefficient (Wildman–Crippen LogP) is 5.86. The van der Waals surface area contributed by atoms with Gasteiger partial charge in [0, 0.05) is 26.1 Å². The van der Waals surface area contributed by atoms with Crippen molar-refractivity contribution in [2.75, 3.05) is 53.2 Å². The number of nitrogens with zero attached hydrogens (tertiary/aromatic N) is 1. The van der Waals surface area contributed by atoms with Gasteiger partial charge in [-0.15, -0.1) is 0 Å². The zero-order valence-corrected chi connectivity index (χ0v) is 36.8. The molecule has 4 aliphatic rings. The minimum atomic E-state index is -1.50. The molecule has 1 N–H and O–H groups in total. The Kier molecular flexibility index (Phi) is 16.0. The summed E-state index contributed by atoms with van der Waals surface area (Å²) in [6, 6.07) is 8.28. The number of Topliss-reactive ketones (excluding diaryl/α,β-unsaturated/α-hetero) is 1. The molecule has 1 aromatic rings. The van der Waals surface area contributed by atoms with Crippen LogP contribution in [-0.4, -0.2) is 111 Å².